The van der Waals surface area contributed by atoms with Crippen LogP contribution < -0.4 is 10.5 Å². The zero-order valence-electron chi connectivity index (χ0n) is 12.8. The first-order valence-corrected chi connectivity index (χ1v) is 7.49. The summed E-state index contributed by atoms with van der Waals surface area (Å²) >= 11 is 0. The molecule has 2 aliphatic heterocycles. The van der Waals surface area contributed by atoms with Crippen LogP contribution in [0, 0.1) is 0 Å². The molecule has 4 rings (SSSR count). The Morgan fingerprint density at radius 2 is 2.16 bits per heavy atom. The molecule has 25 heavy (non-hydrogen) atoms. The van der Waals surface area contributed by atoms with Gasteiger partial charge in [0, 0.05) is 0 Å². The second-order valence-electron chi connectivity index (χ2n) is 5.55. The van der Waals surface area contributed by atoms with E-state index in [2.05, 4.69) is 15.0 Å². The number of aliphatic hydroxyl groups is 1. The lowest BCUT2D eigenvalue weighted by Gasteiger charge is -2.18. The molecule has 2 unspecified atom stereocenters. The third-order valence-corrected chi connectivity index (χ3v) is 4.03. The first-order valence-electron chi connectivity index (χ1n) is 7.49. The molecule has 0 bridgehead atoms. The molecule has 2 aliphatic rings. The van der Waals surface area contributed by atoms with Crippen LogP contribution >= 0.6 is 0 Å². The maximum atomic E-state index is 12.3. The number of imidazole rings is 1. The molecule has 2 fully saturated rings. The number of aromatic nitrogens is 4. The maximum Gasteiger partial charge on any atom is 0.320 e. The molecular weight excluding hydrogens is 344 g/mol. The average Bonchev–Trinajstić information content (AvgIpc) is 3.27. The highest BCUT2D eigenvalue weighted by molar-refractivity contribution is 5.82. The van der Waals surface area contributed by atoms with E-state index in [1.54, 1.807) is 0 Å². The standard InChI is InChI=1S/C13H15F2N5O5/c14-6(15)2-22-13-18-10(16)7-11(19-13)20(3-17-7)12-9-8(23-4-24-9)5(1-21)25-12/h3,5-6,8-9,12,21H,1-2,4H2,(H2,16,18,19)/t5?,8-,9-,12?/m1/s1. The van der Waals surface area contributed by atoms with Crippen molar-refractivity contribution < 1.29 is 32.8 Å². The van der Waals surface area contributed by atoms with Gasteiger partial charge in [0.25, 0.3) is 6.43 Å². The van der Waals surface area contributed by atoms with Crippen LogP contribution in [0.15, 0.2) is 6.33 Å². The van der Waals surface area contributed by atoms with E-state index in [9.17, 15) is 13.9 Å². The molecular formula is C13H15F2N5O5. The molecule has 10 nitrogen and oxygen atoms in total. The number of hydrogen-bond acceptors (Lipinski definition) is 9. The van der Waals surface area contributed by atoms with Crippen molar-refractivity contribution in [3.8, 4) is 6.01 Å². The average molecular weight is 359 g/mol. The highest BCUT2D eigenvalue weighted by atomic mass is 19.3. The van der Waals surface area contributed by atoms with Gasteiger partial charge in [0.05, 0.1) is 12.9 Å². The number of anilines is 1. The van der Waals surface area contributed by atoms with E-state index in [0.29, 0.717) is 0 Å². The molecule has 2 aromatic heterocycles. The van der Waals surface area contributed by atoms with Crippen molar-refractivity contribution in [2.24, 2.45) is 0 Å². The predicted octanol–water partition coefficient (Wildman–Crippen LogP) is -0.316. The van der Waals surface area contributed by atoms with Gasteiger partial charge in [-0.05, 0) is 0 Å². The van der Waals surface area contributed by atoms with Gasteiger partial charge in [-0.25, -0.2) is 13.8 Å². The quantitative estimate of drug-likeness (QED) is 0.738. The Bertz CT molecular complexity index is 775. The van der Waals surface area contributed by atoms with E-state index in [1.165, 1.54) is 10.9 Å². The molecule has 0 amide bonds. The van der Waals surface area contributed by atoms with Crippen LogP contribution in [0.2, 0.25) is 0 Å². The second kappa shape index (κ2) is 6.29. The van der Waals surface area contributed by atoms with Gasteiger partial charge in [0.15, 0.2) is 29.8 Å². The summed E-state index contributed by atoms with van der Waals surface area (Å²) < 4.78 is 47.7. The van der Waals surface area contributed by atoms with Gasteiger partial charge in [-0.15, -0.1) is 0 Å². The minimum absolute atomic E-state index is 0.00939. The van der Waals surface area contributed by atoms with Crippen molar-refractivity contribution in [1.29, 1.82) is 0 Å². The van der Waals surface area contributed by atoms with Crippen molar-refractivity contribution in [2.45, 2.75) is 31.0 Å². The number of alkyl halides is 2. The molecule has 0 aliphatic carbocycles. The summed E-state index contributed by atoms with van der Waals surface area (Å²) in [7, 11) is 0. The molecule has 136 valence electrons. The van der Waals surface area contributed by atoms with Gasteiger partial charge in [0.1, 0.15) is 25.1 Å². The zero-order chi connectivity index (χ0) is 17.6. The lowest BCUT2D eigenvalue weighted by molar-refractivity contribution is -0.108. The van der Waals surface area contributed by atoms with Gasteiger partial charge in [-0.1, -0.05) is 0 Å². The van der Waals surface area contributed by atoms with Gasteiger partial charge in [-0.3, -0.25) is 4.57 Å². The number of rotatable bonds is 5. The van der Waals surface area contributed by atoms with Crippen LogP contribution in [0.5, 0.6) is 6.01 Å². The molecule has 2 aromatic rings. The van der Waals surface area contributed by atoms with Crippen LogP contribution in [-0.2, 0) is 14.2 Å². The first kappa shape index (κ1) is 16.3. The van der Waals surface area contributed by atoms with Crippen LogP contribution in [0.1, 0.15) is 6.23 Å². The summed E-state index contributed by atoms with van der Waals surface area (Å²) in [6.07, 6.45) is -3.39. The van der Waals surface area contributed by atoms with E-state index < -0.39 is 37.6 Å². The van der Waals surface area contributed by atoms with Crippen molar-refractivity contribution >= 4 is 17.0 Å². The molecule has 0 saturated carbocycles. The topological polar surface area (TPSA) is 127 Å². The van der Waals surface area contributed by atoms with Crippen molar-refractivity contribution in [3.63, 3.8) is 0 Å². The number of nitrogens with zero attached hydrogens (tertiary/aromatic N) is 4. The van der Waals surface area contributed by atoms with Crippen LogP contribution in [0.25, 0.3) is 11.2 Å². The molecule has 0 radical (unpaired) electrons. The Labute approximate surface area is 139 Å². The molecule has 2 saturated heterocycles. The highest BCUT2D eigenvalue weighted by Gasteiger charge is 2.50. The fourth-order valence-corrected chi connectivity index (χ4v) is 2.96. The summed E-state index contributed by atoms with van der Waals surface area (Å²) in [5, 5.41) is 9.43. The Kier molecular flexibility index (Phi) is 4.11. The minimum atomic E-state index is -2.67. The molecule has 3 N–H and O–H groups in total. The van der Waals surface area contributed by atoms with Gasteiger partial charge >= 0.3 is 6.01 Å². The summed E-state index contributed by atoms with van der Waals surface area (Å²) in [5.74, 6) is -0.00939. The van der Waals surface area contributed by atoms with Crippen LogP contribution in [-0.4, -0.2) is 69.4 Å². The number of aliphatic hydroxyl groups excluding tert-OH is 1. The monoisotopic (exact) mass is 359 g/mol. The molecule has 4 heterocycles. The van der Waals surface area contributed by atoms with Gasteiger partial charge < -0.3 is 29.8 Å². The Morgan fingerprint density at radius 1 is 1.36 bits per heavy atom. The molecule has 4 atom stereocenters. The van der Waals surface area contributed by atoms with E-state index in [0.717, 1.165) is 0 Å². The maximum absolute atomic E-state index is 12.3. The zero-order valence-corrected chi connectivity index (χ0v) is 12.8. The molecule has 0 spiro atoms. The van der Waals surface area contributed by atoms with Crippen LogP contribution in [0.4, 0.5) is 14.6 Å². The summed E-state index contributed by atoms with van der Waals surface area (Å²) in [4.78, 5) is 12.0. The summed E-state index contributed by atoms with van der Waals surface area (Å²) in [6.45, 7) is -1.01. The molecule has 12 heteroatoms. The summed E-state index contributed by atoms with van der Waals surface area (Å²) in [6, 6.07) is -0.288. The van der Waals surface area contributed by atoms with Crippen molar-refractivity contribution in [1.82, 2.24) is 19.5 Å². The third-order valence-electron chi connectivity index (χ3n) is 4.03. The van der Waals surface area contributed by atoms with E-state index in [1.807, 2.05) is 0 Å². The number of nitrogens with two attached hydrogens (primary N) is 1. The lowest BCUT2D eigenvalue weighted by Crippen LogP contribution is -2.30. The van der Waals surface area contributed by atoms with Crippen molar-refractivity contribution in [3.05, 3.63) is 6.33 Å². The second-order valence-corrected chi connectivity index (χ2v) is 5.55. The Balaban J connectivity index is 1.70. The van der Waals surface area contributed by atoms with E-state index in [-0.39, 0.29) is 36.4 Å². The smallest absolute Gasteiger partial charge is 0.320 e. The highest BCUT2D eigenvalue weighted by Crippen LogP contribution is 2.38. The fraction of sp³-hybridized carbons (Fsp3) is 0.615. The molecule has 0 aromatic carbocycles. The number of hydrogen-bond donors (Lipinski definition) is 2. The number of nitrogen functional groups attached to an aromatic ring is 1. The van der Waals surface area contributed by atoms with E-state index in [4.69, 9.17) is 24.7 Å². The van der Waals surface area contributed by atoms with Crippen molar-refractivity contribution in [2.75, 3.05) is 25.7 Å². The Morgan fingerprint density at radius 3 is 2.92 bits per heavy atom. The Hall–Kier alpha value is -2.15. The fourth-order valence-electron chi connectivity index (χ4n) is 2.96. The minimum Gasteiger partial charge on any atom is -0.457 e. The SMILES string of the molecule is Nc1nc(OCC(F)F)nc2c1ncn2C1OC(CO)[C@H]2OCO[C@@H]12. The number of ether oxygens (including phenoxy) is 4. The first-order chi connectivity index (χ1) is 12.1. The number of halogens is 2. The van der Waals surface area contributed by atoms with Crippen LogP contribution in [0.3, 0.4) is 0 Å². The lowest BCUT2D eigenvalue weighted by atomic mass is 10.1. The predicted molar refractivity (Wildman–Crippen MR) is 76.8 cm³/mol. The normalized spacial score (nSPS) is 28.8. The van der Waals surface area contributed by atoms with E-state index >= 15 is 0 Å². The van der Waals surface area contributed by atoms with Gasteiger partial charge in [0.2, 0.25) is 0 Å². The van der Waals surface area contributed by atoms with Gasteiger partial charge in [-0.2, -0.15) is 9.97 Å². The third kappa shape index (κ3) is 2.76. The summed E-state index contributed by atoms with van der Waals surface area (Å²) in [5.41, 5.74) is 6.32. The largest absolute Gasteiger partial charge is 0.457 e. The number of fused-ring (bicyclic) bond motifs is 2.